The van der Waals surface area contributed by atoms with E-state index in [-0.39, 0.29) is 17.5 Å². The lowest BCUT2D eigenvalue weighted by Gasteiger charge is -2.30. The number of carbonyl (C=O) groups is 1. The van der Waals surface area contributed by atoms with Crippen LogP contribution in [-0.2, 0) is 28.7 Å². The number of carbonyl (C=O) groups excluding carboxylic acids is 1. The molecule has 1 saturated heterocycles. The van der Waals surface area contributed by atoms with Crippen LogP contribution in [0.15, 0.2) is 54.6 Å². The number of benzene rings is 2. The summed E-state index contributed by atoms with van der Waals surface area (Å²) >= 11 is 0. The van der Waals surface area contributed by atoms with Crippen LogP contribution in [-0.4, -0.2) is 44.7 Å². The van der Waals surface area contributed by atoms with Gasteiger partial charge < -0.3 is 10.6 Å². The van der Waals surface area contributed by atoms with E-state index in [1.165, 1.54) is 18.4 Å². The Hall–Kier alpha value is -2.38. The average molecular weight is 458 g/mol. The summed E-state index contributed by atoms with van der Waals surface area (Å²) in [5.41, 5.74) is 3.12. The van der Waals surface area contributed by atoms with E-state index < -0.39 is 9.84 Å². The van der Waals surface area contributed by atoms with Crippen molar-refractivity contribution >= 4 is 15.9 Å². The molecule has 3 rings (SSSR count). The summed E-state index contributed by atoms with van der Waals surface area (Å²) < 4.78 is 24.4. The molecule has 0 bridgehead atoms. The molecule has 2 amide bonds. The molecular weight excluding hydrogens is 422 g/mol. The topological polar surface area (TPSA) is 78.5 Å². The van der Waals surface area contributed by atoms with Gasteiger partial charge in [0.25, 0.3) is 0 Å². The number of nitrogens with one attached hydrogen (secondary N) is 2. The third-order valence-electron chi connectivity index (χ3n) is 5.87. The van der Waals surface area contributed by atoms with Crippen molar-refractivity contribution in [3.8, 4) is 0 Å². The molecule has 32 heavy (non-hydrogen) atoms. The molecule has 1 fully saturated rings. The van der Waals surface area contributed by atoms with Crippen molar-refractivity contribution < 1.29 is 13.2 Å². The zero-order valence-corrected chi connectivity index (χ0v) is 19.7. The molecule has 0 radical (unpaired) electrons. The maximum atomic E-state index is 12.2. The summed E-state index contributed by atoms with van der Waals surface area (Å²) in [6.45, 7) is 6.33. The molecular formula is C25H35N3O3S. The quantitative estimate of drug-likeness (QED) is 0.533. The standard InChI is InChI=1S/C25H35N3O3S/c1-21-11-14-28(15-12-21)19-24-10-5-9-23(17-24)18-27-25(29)26-13-6-16-32(30,31)20-22-7-3-2-4-8-22/h2-5,7-10,17,21H,6,11-16,18-20H2,1H3,(H2,26,27,29). The van der Waals surface area contributed by atoms with Gasteiger partial charge in [-0.25, -0.2) is 13.2 Å². The highest BCUT2D eigenvalue weighted by atomic mass is 32.2. The first-order chi connectivity index (χ1) is 15.4. The predicted octanol–water partition coefficient (Wildman–Crippen LogP) is 3.72. The van der Waals surface area contributed by atoms with E-state index in [4.69, 9.17) is 0 Å². The van der Waals surface area contributed by atoms with Crippen LogP contribution in [0.2, 0.25) is 0 Å². The minimum absolute atomic E-state index is 0.0346. The molecule has 0 aromatic heterocycles. The Morgan fingerprint density at radius 3 is 2.41 bits per heavy atom. The first kappa shape index (κ1) is 24.3. The zero-order chi connectivity index (χ0) is 22.8. The maximum Gasteiger partial charge on any atom is 0.315 e. The Morgan fingerprint density at radius 1 is 0.969 bits per heavy atom. The minimum Gasteiger partial charge on any atom is -0.338 e. The lowest BCUT2D eigenvalue weighted by atomic mass is 9.98. The van der Waals surface area contributed by atoms with Gasteiger partial charge >= 0.3 is 6.03 Å². The maximum absolute atomic E-state index is 12.2. The molecule has 0 saturated carbocycles. The first-order valence-electron chi connectivity index (χ1n) is 11.5. The van der Waals surface area contributed by atoms with E-state index in [2.05, 4.69) is 34.6 Å². The highest BCUT2D eigenvalue weighted by Gasteiger charge is 2.16. The Morgan fingerprint density at radius 2 is 1.66 bits per heavy atom. The Labute approximate surface area is 192 Å². The third kappa shape index (κ3) is 8.63. The van der Waals surface area contributed by atoms with Crippen LogP contribution in [0.5, 0.6) is 0 Å². The van der Waals surface area contributed by atoms with E-state index in [0.717, 1.165) is 36.7 Å². The van der Waals surface area contributed by atoms with Crippen LogP contribution in [0.25, 0.3) is 0 Å². The van der Waals surface area contributed by atoms with Crippen LogP contribution in [0.1, 0.15) is 42.9 Å². The second-order valence-corrected chi connectivity index (χ2v) is 11.0. The molecule has 6 nitrogen and oxygen atoms in total. The van der Waals surface area contributed by atoms with Gasteiger partial charge in [-0.3, -0.25) is 4.90 Å². The fourth-order valence-electron chi connectivity index (χ4n) is 3.96. The minimum atomic E-state index is -3.18. The van der Waals surface area contributed by atoms with Crippen LogP contribution in [0.4, 0.5) is 4.79 Å². The van der Waals surface area contributed by atoms with Crippen molar-refractivity contribution in [1.29, 1.82) is 0 Å². The smallest absolute Gasteiger partial charge is 0.315 e. The van der Waals surface area contributed by atoms with E-state index in [9.17, 15) is 13.2 Å². The molecule has 1 aliphatic heterocycles. The third-order valence-corrected chi connectivity index (χ3v) is 7.56. The normalized spacial score (nSPS) is 15.4. The van der Waals surface area contributed by atoms with Gasteiger partial charge in [0.15, 0.2) is 9.84 Å². The number of hydrogen-bond donors (Lipinski definition) is 2. The van der Waals surface area contributed by atoms with Crippen molar-refractivity contribution in [2.45, 2.75) is 45.0 Å². The van der Waals surface area contributed by atoms with E-state index >= 15 is 0 Å². The molecule has 0 aliphatic carbocycles. The molecule has 7 heteroatoms. The summed E-state index contributed by atoms with van der Waals surface area (Å²) in [5.74, 6) is 0.913. The van der Waals surface area contributed by atoms with Crippen molar-refractivity contribution in [2.75, 3.05) is 25.4 Å². The molecule has 0 atom stereocenters. The monoisotopic (exact) mass is 457 g/mol. The van der Waals surface area contributed by atoms with Gasteiger partial charge in [-0.2, -0.15) is 0 Å². The molecule has 174 valence electrons. The highest BCUT2D eigenvalue weighted by molar-refractivity contribution is 7.90. The second kappa shape index (κ2) is 12.0. The average Bonchev–Trinajstić information content (AvgIpc) is 2.78. The van der Waals surface area contributed by atoms with E-state index in [1.807, 2.05) is 42.5 Å². The van der Waals surface area contributed by atoms with Gasteiger partial charge in [-0.1, -0.05) is 61.5 Å². The first-order valence-corrected chi connectivity index (χ1v) is 13.3. The largest absolute Gasteiger partial charge is 0.338 e. The SMILES string of the molecule is CC1CCN(Cc2cccc(CNC(=O)NCCCS(=O)(=O)Cc3ccccc3)c2)CC1. The molecule has 1 aliphatic rings. The summed E-state index contributed by atoms with van der Waals surface area (Å²) in [6.07, 6.45) is 2.91. The zero-order valence-electron chi connectivity index (χ0n) is 18.9. The fraction of sp³-hybridized carbons (Fsp3) is 0.480. The summed E-state index contributed by atoms with van der Waals surface area (Å²) in [4.78, 5) is 14.6. The van der Waals surface area contributed by atoms with Crippen LogP contribution < -0.4 is 10.6 Å². The summed E-state index contributed by atoms with van der Waals surface area (Å²) in [5, 5.41) is 5.61. The predicted molar refractivity (Wildman–Crippen MR) is 129 cm³/mol. The number of amides is 2. The van der Waals surface area contributed by atoms with E-state index in [1.54, 1.807) is 0 Å². The van der Waals surface area contributed by atoms with Gasteiger partial charge in [-0.15, -0.1) is 0 Å². The van der Waals surface area contributed by atoms with Gasteiger partial charge in [0.05, 0.1) is 11.5 Å². The highest BCUT2D eigenvalue weighted by Crippen LogP contribution is 2.18. The van der Waals surface area contributed by atoms with Gasteiger partial charge in [0.1, 0.15) is 0 Å². The van der Waals surface area contributed by atoms with E-state index in [0.29, 0.717) is 19.5 Å². The molecule has 2 aromatic rings. The second-order valence-electron chi connectivity index (χ2n) is 8.82. The van der Waals surface area contributed by atoms with Crippen LogP contribution >= 0.6 is 0 Å². The van der Waals surface area contributed by atoms with Gasteiger partial charge in [-0.05, 0) is 55.0 Å². The van der Waals surface area contributed by atoms with Crippen LogP contribution in [0, 0.1) is 5.92 Å². The molecule has 2 aromatic carbocycles. The van der Waals surface area contributed by atoms with Crippen molar-refractivity contribution in [2.24, 2.45) is 5.92 Å². The van der Waals surface area contributed by atoms with Crippen molar-refractivity contribution in [1.82, 2.24) is 15.5 Å². The number of rotatable bonds is 10. The lowest BCUT2D eigenvalue weighted by molar-refractivity contribution is 0.185. The Balaban J connectivity index is 1.34. The number of urea groups is 1. The van der Waals surface area contributed by atoms with Crippen molar-refractivity contribution in [3.05, 3.63) is 71.3 Å². The van der Waals surface area contributed by atoms with Gasteiger partial charge in [0.2, 0.25) is 0 Å². The molecule has 1 heterocycles. The Bertz CT molecular complexity index is 955. The number of nitrogens with zero attached hydrogens (tertiary/aromatic N) is 1. The van der Waals surface area contributed by atoms with Crippen LogP contribution in [0.3, 0.4) is 0 Å². The molecule has 2 N–H and O–H groups in total. The van der Waals surface area contributed by atoms with Crippen molar-refractivity contribution in [3.63, 3.8) is 0 Å². The molecule has 0 unspecified atom stereocenters. The number of likely N-dealkylation sites (tertiary alicyclic amines) is 1. The number of piperidine rings is 1. The Kier molecular flexibility index (Phi) is 9.11. The molecule has 0 spiro atoms. The summed E-state index contributed by atoms with van der Waals surface area (Å²) in [6, 6.07) is 17.2. The lowest BCUT2D eigenvalue weighted by Crippen LogP contribution is -2.36. The number of sulfone groups is 1. The number of hydrogen-bond acceptors (Lipinski definition) is 4. The van der Waals surface area contributed by atoms with Gasteiger partial charge in [0, 0.05) is 19.6 Å². The summed E-state index contributed by atoms with van der Waals surface area (Å²) in [7, 11) is -3.18. The fourth-order valence-corrected chi connectivity index (χ4v) is 5.38.